The van der Waals surface area contributed by atoms with E-state index < -0.39 is 0 Å². The molecule has 2 saturated heterocycles. The van der Waals surface area contributed by atoms with E-state index in [2.05, 4.69) is 28.0 Å². The van der Waals surface area contributed by atoms with Crippen LogP contribution in [0.15, 0.2) is 23.9 Å². The van der Waals surface area contributed by atoms with Crippen LogP contribution in [0.25, 0.3) is 0 Å². The highest BCUT2D eigenvalue weighted by atomic mass is 15.3. The number of piperazine rings is 1. The van der Waals surface area contributed by atoms with Gasteiger partial charge in [-0.05, 0) is 25.5 Å². The molecule has 0 saturated carbocycles. The van der Waals surface area contributed by atoms with Gasteiger partial charge in [0.15, 0.2) is 0 Å². The van der Waals surface area contributed by atoms with Gasteiger partial charge in [-0.15, -0.1) is 0 Å². The van der Waals surface area contributed by atoms with E-state index in [1.807, 2.05) is 0 Å². The molecule has 0 amide bonds. The number of nitrogens with zero attached hydrogens (tertiary/aromatic N) is 2. The van der Waals surface area contributed by atoms with Crippen molar-refractivity contribution in [2.75, 3.05) is 26.2 Å². The summed E-state index contributed by atoms with van der Waals surface area (Å²) in [6, 6.07) is 0.738. The molecule has 3 aliphatic heterocycles. The Morgan fingerprint density at radius 3 is 3.14 bits per heavy atom. The van der Waals surface area contributed by atoms with Gasteiger partial charge in [0.05, 0.1) is 0 Å². The average molecular weight is 190 g/mol. The number of hydrogen-bond donors (Lipinski definition) is 0. The van der Waals surface area contributed by atoms with Crippen molar-refractivity contribution in [3.8, 4) is 0 Å². The van der Waals surface area contributed by atoms with Crippen LogP contribution >= 0.6 is 0 Å². The summed E-state index contributed by atoms with van der Waals surface area (Å²) in [4.78, 5) is 5.22. The van der Waals surface area contributed by atoms with Gasteiger partial charge in [-0.2, -0.15) is 0 Å². The van der Waals surface area contributed by atoms with Crippen LogP contribution in [0.2, 0.25) is 0 Å². The van der Waals surface area contributed by atoms with Gasteiger partial charge in [-0.3, -0.25) is 4.90 Å². The second kappa shape index (κ2) is 3.43. The van der Waals surface area contributed by atoms with Crippen molar-refractivity contribution >= 4 is 0 Å². The minimum Gasteiger partial charge on any atom is -0.369 e. The minimum absolute atomic E-state index is 0.738. The number of piperidine rings is 1. The highest BCUT2D eigenvalue weighted by molar-refractivity contribution is 5.24. The van der Waals surface area contributed by atoms with E-state index in [0.29, 0.717) is 0 Å². The summed E-state index contributed by atoms with van der Waals surface area (Å²) in [6.07, 6.45) is 11.0. The fourth-order valence-corrected chi connectivity index (χ4v) is 2.95. The molecule has 0 aliphatic carbocycles. The third-order valence-electron chi connectivity index (χ3n) is 3.71. The van der Waals surface area contributed by atoms with Crippen molar-refractivity contribution < 1.29 is 0 Å². The highest BCUT2D eigenvalue weighted by Crippen LogP contribution is 2.29. The van der Waals surface area contributed by atoms with Crippen molar-refractivity contribution in [3.05, 3.63) is 23.9 Å². The standard InChI is InChI=1S/C12H18N2/c1-3-7-13-9-10-14-8-4-2-6-12(14)11(13)5-1/h1,3,5,12H,2,4,6-10H2. The topological polar surface area (TPSA) is 6.48 Å². The molecule has 0 N–H and O–H groups in total. The summed E-state index contributed by atoms with van der Waals surface area (Å²) in [7, 11) is 0. The molecule has 2 nitrogen and oxygen atoms in total. The normalized spacial score (nSPS) is 32.1. The van der Waals surface area contributed by atoms with Crippen LogP contribution in [0.3, 0.4) is 0 Å². The first kappa shape index (κ1) is 8.54. The van der Waals surface area contributed by atoms with Gasteiger partial charge in [0.2, 0.25) is 0 Å². The molecular weight excluding hydrogens is 172 g/mol. The Bertz CT molecular complexity index is 280. The zero-order valence-electron chi connectivity index (χ0n) is 8.65. The van der Waals surface area contributed by atoms with Crippen molar-refractivity contribution in [2.24, 2.45) is 0 Å². The predicted molar refractivity (Wildman–Crippen MR) is 58.0 cm³/mol. The summed E-state index contributed by atoms with van der Waals surface area (Å²) in [5.74, 6) is 0. The largest absolute Gasteiger partial charge is 0.369 e. The Kier molecular flexibility index (Phi) is 2.09. The van der Waals surface area contributed by atoms with E-state index in [9.17, 15) is 0 Å². The lowest BCUT2D eigenvalue weighted by molar-refractivity contribution is 0.0938. The summed E-state index contributed by atoms with van der Waals surface area (Å²) in [6.45, 7) is 4.96. The number of hydrogen-bond acceptors (Lipinski definition) is 2. The third-order valence-corrected chi connectivity index (χ3v) is 3.71. The van der Waals surface area contributed by atoms with Gasteiger partial charge >= 0.3 is 0 Å². The molecule has 2 fully saturated rings. The van der Waals surface area contributed by atoms with Crippen LogP contribution in [-0.2, 0) is 0 Å². The van der Waals surface area contributed by atoms with Gasteiger partial charge in [0.1, 0.15) is 0 Å². The molecule has 0 aromatic rings. The molecule has 0 radical (unpaired) electrons. The van der Waals surface area contributed by atoms with Gasteiger partial charge in [0.25, 0.3) is 0 Å². The third kappa shape index (κ3) is 1.29. The van der Waals surface area contributed by atoms with Crippen LogP contribution in [0.1, 0.15) is 19.3 Å². The van der Waals surface area contributed by atoms with E-state index in [1.54, 1.807) is 5.70 Å². The van der Waals surface area contributed by atoms with Gasteiger partial charge in [-0.25, -0.2) is 0 Å². The van der Waals surface area contributed by atoms with Crippen LogP contribution < -0.4 is 0 Å². The molecule has 0 aromatic carbocycles. The lowest BCUT2D eigenvalue weighted by Crippen LogP contribution is -2.53. The van der Waals surface area contributed by atoms with Gasteiger partial charge < -0.3 is 4.90 Å². The summed E-state index contributed by atoms with van der Waals surface area (Å²) >= 11 is 0. The zero-order valence-corrected chi connectivity index (χ0v) is 8.65. The summed E-state index contributed by atoms with van der Waals surface area (Å²) in [5.41, 5.74) is 1.58. The lowest BCUT2D eigenvalue weighted by Gasteiger charge is -2.47. The van der Waals surface area contributed by atoms with Crippen LogP contribution in [0.5, 0.6) is 0 Å². The highest BCUT2D eigenvalue weighted by Gasteiger charge is 2.32. The second-order valence-electron chi connectivity index (χ2n) is 4.51. The molecule has 1 unspecified atom stereocenters. The van der Waals surface area contributed by atoms with Crippen molar-refractivity contribution in [1.82, 2.24) is 9.80 Å². The monoisotopic (exact) mass is 190 g/mol. The van der Waals surface area contributed by atoms with Crippen molar-refractivity contribution in [1.29, 1.82) is 0 Å². The van der Waals surface area contributed by atoms with Gasteiger partial charge in [-0.1, -0.05) is 18.6 Å². The lowest BCUT2D eigenvalue weighted by atomic mass is 9.95. The maximum atomic E-state index is 2.67. The van der Waals surface area contributed by atoms with Crippen LogP contribution in [0, 0.1) is 0 Å². The molecule has 1 atom stereocenters. The van der Waals surface area contributed by atoms with E-state index >= 15 is 0 Å². The first-order valence-electron chi connectivity index (χ1n) is 5.81. The molecule has 0 bridgehead atoms. The van der Waals surface area contributed by atoms with Crippen LogP contribution in [0.4, 0.5) is 0 Å². The molecule has 3 rings (SSSR count). The first-order chi connectivity index (χ1) is 6.95. The van der Waals surface area contributed by atoms with E-state index in [0.717, 1.165) is 12.6 Å². The molecule has 3 heterocycles. The average Bonchev–Trinajstić information content (AvgIpc) is 2.29. The Morgan fingerprint density at radius 1 is 1.14 bits per heavy atom. The van der Waals surface area contributed by atoms with E-state index in [1.165, 1.54) is 38.9 Å². The van der Waals surface area contributed by atoms with Crippen molar-refractivity contribution in [2.45, 2.75) is 25.3 Å². The second-order valence-corrected chi connectivity index (χ2v) is 4.51. The zero-order chi connectivity index (χ0) is 9.38. The maximum absolute atomic E-state index is 2.67. The Balaban J connectivity index is 1.87. The number of fused-ring (bicyclic) bond motifs is 3. The molecule has 14 heavy (non-hydrogen) atoms. The summed E-state index contributed by atoms with van der Waals surface area (Å²) in [5, 5.41) is 0. The SMILES string of the molecule is C1=CCN2CCN3CCCCC3C2=C1. The van der Waals surface area contributed by atoms with Crippen molar-refractivity contribution in [3.63, 3.8) is 0 Å². The maximum Gasteiger partial charge on any atom is 0.0497 e. The number of rotatable bonds is 0. The Hall–Kier alpha value is -0.760. The van der Waals surface area contributed by atoms with Gasteiger partial charge in [0, 0.05) is 31.4 Å². The first-order valence-corrected chi connectivity index (χ1v) is 5.81. The molecule has 0 aromatic heterocycles. The summed E-state index contributed by atoms with van der Waals surface area (Å²) < 4.78 is 0. The van der Waals surface area contributed by atoms with E-state index in [-0.39, 0.29) is 0 Å². The fourth-order valence-electron chi connectivity index (χ4n) is 2.95. The predicted octanol–water partition coefficient (Wildman–Crippen LogP) is 1.61. The fraction of sp³-hybridized carbons (Fsp3) is 0.667. The minimum atomic E-state index is 0.738. The Labute approximate surface area is 85.9 Å². The number of allylic oxidation sites excluding steroid dienone is 2. The molecule has 76 valence electrons. The molecular formula is C12H18N2. The molecule has 3 aliphatic rings. The quantitative estimate of drug-likeness (QED) is 0.572. The van der Waals surface area contributed by atoms with Crippen LogP contribution in [-0.4, -0.2) is 42.0 Å². The molecule has 0 spiro atoms. The molecule has 2 heteroatoms. The smallest absolute Gasteiger partial charge is 0.0497 e. The Morgan fingerprint density at radius 2 is 2.14 bits per heavy atom. The van der Waals surface area contributed by atoms with E-state index in [4.69, 9.17) is 0 Å².